The van der Waals surface area contributed by atoms with E-state index < -0.39 is 10.0 Å². The number of nitrogens with zero attached hydrogens (tertiary/aromatic N) is 1. The molecule has 1 fully saturated rings. The van der Waals surface area contributed by atoms with Crippen LogP contribution in [-0.4, -0.2) is 38.8 Å². The molecule has 0 spiro atoms. The molecule has 1 N–H and O–H groups in total. The fraction of sp³-hybridized carbons (Fsp3) is 0.435. The molecule has 0 unspecified atom stereocenters. The zero-order valence-electron chi connectivity index (χ0n) is 17.9. The van der Waals surface area contributed by atoms with Gasteiger partial charge in [0.15, 0.2) is 0 Å². The second kappa shape index (κ2) is 9.62. The van der Waals surface area contributed by atoms with Gasteiger partial charge in [-0.15, -0.1) is 0 Å². The number of benzene rings is 2. The van der Waals surface area contributed by atoms with Gasteiger partial charge in [-0.2, -0.15) is 4.31 Å². The van der Waals surface area contributed by atoms with Crippen LogP contribution in [0.3, 0.4) is 0 Å². The predicted octanol–water partition coefficient (Wildman–Crippen LogP) is 4.25. The molecule has 1 aliphatic rings. The molecule has 0 radical (unpaired) electrons. The van der Waals surface area contributed by atoms with Gasteiger partial charge in [-0.25, -0.2) is 8.42 Å². The summed E-state index contributed by atoms with van der Waals surface area (Å²) >= 11 is 0. The first-order valence-electron chi connectivity index (χ1n) is 10.5. The van der Waals surface area contributed by atoms with E-state index in [9.17, 15) is 13.2 Å². The Labute approximate surface area is 179 Å². The molecule has 6 nitrogen and oxygen atoms in total. The molecule has 1 aliphatic heterocycles. The molecule has 2 aromatic carbocycles. The molecule has 0 aromatic heterocycles. The van der Waals surface area contributed by atoms with Crippen molar-refractivity contribution in [2.45, 2.75) is 50.8 Å². The zero-order valence-corrected chi connectivity index (χ0v) is 18.7. The van der Waals surface area contributed by atoms with Crippen molar-refractivity contribution in [2.24, 2.45) is 0 Å². The maximum absolute atomic E-state index is 13.2. The molecule has 30 heavy (non-hydrogen) atoms. The number of rotatable bonds is 7. The molecule has 1 heterocycles. The van der Waals surface area contributed by atoms with E-state index in [-0.39, 0.29) is 16.4 Å². The molecule has 0 bridgehead atoms. The monoisotopic (exact) mass is 430 g/mol. The summed E-state index contributed by atoms with van der Waals surface area (Å²) in [7, 11) is -2.17. The van der Waals surface area contributed by atoms with Crippen LogP contribution < -0.4 is 10.1 Å². The molecule has 3 rings (SSSR count). The number of anilines is 1. The quantitative estimate of drug-likeness (QED) is 0.713. The first-order valence-corrected chi connectivity index (χ1v) is 12.0. The second-order valence-electron chi connectivity index (χ2n) is 7.44. The van der Waals surface area contributed by atoms with Crippen molar-refractivity contribution >= 4 is 21.6 Å². The minimum Gasteiger partial charge on any atom is -0.496 e. The van der Waals surface area contributed by atoms with Crippen molar-refractivity contribution in [1.29, 1.82) is 0 Å². The van der Waals surface area contributed by atoms with E-state index >= 15 is 0 Å². The van der Waals surface area contributed by atoms with E-state index in [4.69, 9.17) is 4.74 Å². The Morgan fingerprint density at radius 1 is 1.03 bits per heavy atom. The van der Waals surface area contributed by atoms with Gasteiger partial charge in [-0.1, -0.05) is 38.5 Å². The van der Waals surface area contributed by atoms with E-state index in [1.807, 2.05) is 32.0 Å². The highest BCUT2D eigenvalue weighted by Crippen LogP contribution is 2.29. The Kier molecular flexibility index (Phi) is 7.15. The summed E-state index contributed by atoms with van der Waals surface area (Å²) in [5.41, 5.74) is 3.08. The SMILES string of the molecule is CCc1cccc(CC)c1NC(=O)c1cc(S(=O)(=O)N2CCCCC2)ccc1OC. The van der Waals surface area contributed by atoms with Gasteiger partial charge >= 0.3 is 0 Å². The number of hydrogen-bond donors (Lipinski definition) is 1. The number of carbonyl (C=O) groups is 1. The minimum atomic E-state index is -3.64. The molecule has 1 saturated heterocycles. The normalized spacial score (nSPS) is 15.0. The molecule has 0 atom stereocenters. The number of ether oxygens (including phenoxy) is 1. The summed E-state index contributed by atoms with van der Waals surface area (Å²) in [6.45, 7) is 5.10. The number of nitrogens with one attached hydrogen (secondary N) is 1. The average molecular weight is 431 g/mol. The number of hydrogen-bond acceptors (Lipinski definition) is 4. The van der Waals surface area contributed by atoms with E-state index in [2.05, 4.69) is 5.32 Å². The molecular weight excluding hydrogens is 400 g/mol. The van der Waals surface area contributed by atoms with Gasteiger partial charge in [0.05, 0.1) is 17.6 Å². The first kappa shape index (κ1) is 22.3. The molecule has 0 aliphatic carbocycles. The number of carbonyl (C=O) groups excluding carboxylic acids is 1. The summed E-state index contributed by atoms with van der Waals surface area (Å²) in [5, 5.41) is 3.00. The molecule has 162 valence electrons. The van der Waals surface area contributed by atoms with Crippen molar-refractivity contribution in [3.63, 3.8) is 0 Å². The van der Waals surface area contributed by atoms with Crippen molar-refractivity contribution in [2.75, 3.05) is 25.5 Å². The van der Waals surface area contributed by atoms with Crippen LogP contribution in [0.5, 0.6) is 5.75 Å². The summed E-state index contributed by atoms with van der Waals surface area (Å²) < 4.78 is 33.0. The Bertz CT molecular complexity index is 990. The second-order valence-corrected chi connectivity index (χ2v) is 9.38. The fourth-order valence-electron chi connectivity index (χ4n) is 3.86. The van der Waals surface area contributed by atoms with Gasteiger partial charge in [0.1, 0.15) is 5.75 Å². The number of sulfonamides is 1. The van der Waals surface area contributed by atoms with E-state index in [0.29, 0.717) is 18.8 Å². The average Bonchev–Trinajstić information content (AvgIpc) is 2.79. The van der Waals surface area contributed by atoms with Gasteiger partial charge in [0.2, 0.25) is 10.0 Å². The molecule has 1 amide bonds. The van der Waals surface area contributed by atoms with Crippen LogP contribution >= 0.6 is 0 Å². The van der Waals surface area contributed by atoms with Crippen LogP contribution in [0.4, 0.5) is 5.69 Å². The molecule has 7 heteroatoms. The summed E-state index contributed by atoms with van der Waals surface area (Å²) in [4.78, 5) is 13.3. The zero-order chi connectivity index (χ0) is 21.7. The van der Waals surface area contributed by atoms with Crippen LogP contribution in [-0.2, 0) is 22.9 Å². The van der Waals surface area contributed by atoms with Crippen LogP contribution in [0.1, 0.15) is 54.6 Å². The van der Waals surface area contributed by atoms with Crippen LogP contribution in [0.15, 0.2) is 41.3 Å². The highest BCUT2D eigenvalue weighted by Gasteiger charge is 2.28. The fourth-order valence-corrected chi connectivity index (χ4v) is 5.41. The lowest BCUT2D eigenvalue weighted by Gasteiger charge is -2.26. The standard InChI is InChI=1S/C23H30N2O4S/c1-4-17-10-9-11-18(5-2)22(17)24-23(26)20-16-19(12-13-21(20)29-3)30(27,28)25-14-7-6-8-15-25/h9-13,16H,4-8,14-15H2,1-3H3,(H,24,26). The van der Waals surface area contributed by atoms with E-state index in [0.717, 1.165) is 48.9 Å². The lowest BCUT2D eigenvalue weighted by atomic mass is 10.0. The maximum Gasteiger partial charge on any atom is 0.259 e. The number of amides is 1. The predicted molar refractivity (Wildman–Crippen MR) is 119 cm³/mol. The van der Waals surface area contributed by atoms with Crippen LogP contribution in [0.2, 0.25) is 0 Å². The third-order valence-corrected chi connectivity index (χ3v) is 7.50. The third-order valence-electron chi connectivity index (χ3n) is 5.61. The first-order chi connectivity index (χ1) is 14.4. The number of para-hydroxylation sites is 1. The van der Waals surface area contributed by atoms with Gasteiger partial charge in [-0.3, -0.25) is 4.79 Å². The summed E-state index contributed by atoms with van der Waals surface area (Å²) in [6, 6.07) is 10.5. The summed E-state index contributed by atoms with van der Waals surface area (Å²) in [5.74, 6) is -0.0322. The topological polar surface area (TPSA) is 75.7 Å². The van der Waals surface area contributed by atoms with Gasteiger partial charge in [0.25, 0.3) is 5.91 Å². The lowest BCUT2D eigenvalue weighted by Crippen LogP contribution is -2.35. The highest BCUT2D eigenvalue weighted by molar-refractivity contribution is 7.89. The largest absolute Gasteiger partial charge is 0.496 e. The Balaban J connectivity index is 1.97. The van der Waals surface area contributed by atoms with Gasteiger partial charge < -0.3 is 10.1 Å². The molecule has 2 aromatic rings. The Hall–Kier alpha value is -2.38. The number of piperidine rings is 1. The van der Waals surface area contributed by atoms with Crippen LogP contribution in [0, 0.1) is 0 Å². The minimum absolute atomic E-state index is 0.120. The Morgan fingerprint density at radius 2 is 1.67 bits per heavy atom. The van der Waals surface area contributed by atoms with Gasteiger partial charge in [0, 0.05) is 18.8 Å². The smallest absolute Gasteiger partial charge is 0.259 e. The lowest BCUT2D eigenvalue weighted by molar-refractivity contribution is 0.102. The molecule has 0 saturated carbocycles. The van der Waals surface area contributed by atoms with Crippen molar-refractivity contribution < 1.29 is 17.9 Å². The van der Waals surface area contributed by atoms with E-state index in [1.165, 1.54) is 23.5 Å². The summed E-state index contributed by atoms with van der Waals surface area (Å²) in [6.07, 6.45) is 4.32. The van der Waals surface area contributed by atoms with E-state index in [1.54, 1.807) is 6.07 Å². The Morgan fingerprint density at radius 3 is 2.23 bits per heavy atom. The highest BCUT2D eigenvalue weighted by atomic mass is 32.2. The van der Waals surface area contributed by atoms with Gasteiger partial charge in [-0.05, 0) is 55.0 Å². The molecular formula is C23H30N2O4S. The van der Waals surface area contributed by atoms with Crippen molar-refractivity contribution in [3.05, 3.63) is 53.1 Å². The van der Waals surface area contributed by atoms with Crippen LogP contribution in [0.25, 0.3) is 0 Å². The third kappa shape index (κ3) is 4.52. The van der Waals surface area contributed by atoms with Crippen molar-refractivity contribution in [1.82, 2.24) is 4.31 Å². The number of methoxy groups -OCH3 is 1. The maximum atomic E-state index is 13.2. The van der Waals surface area contributed by atoms with Crippen molar-refractivity contribution in [3.8, 4) is 5.75 Å². The number of aryl methyl sites for hydroxylation is 2.